The van der Waals surface area contributed by atoms with Crippen LogP contribution in [0.25, 0.3) is 11.2 Å². The molecule has 6 aromatic rings. The lowest BCUT2D eigenvalue weighted by Crippen LogP contribution is -2.48. The number of nitrogens with one attached hydrogen (secondary N) is 2. The van der Waals surface area contributed by atoms with Gasteiger partial charge in [-0.1, -0.05) is 106 Å². The van der Waals surface area contributed by atoms with Gasteiger partial charge in [-0.2, -0.15) is 4.98 Å². The van der Waals surface area contributed by atoms with Crippen LogP contribution in [-0.4, -0.2) is 77.0 Å². The minimum absolute atomic E-state index is 0.0194. The number of aromatic amines is 1. The summed E-state index contributed by atoms with van der Waals surface area (Å²) in [4.78, 5) is 42.8. The van der Waals surface area contributed by atoms with Crippen molar-refractivity contribution in [3.8, 4) is 11.5 Å². The van der Waals surface area contributed by atoms with E-state index in [4.69, 9.17) is 28.4 Å². The first-order valence-corrected chi connectivity index (χ1v) is 25.6. The van der Waals surface area contributed by atoms with Crippen molar-refractivity contribution in [2.24, 2.45) is 5.92 Å². The van der Waals surface area contributed by atoms with Gasteiger partial charge in [0, 0.05) is 12.1 Å². The molecule has 3 aromatic heterocycles. The molecule has 1 amide bonds. The Morgan fingerprint density at radius 1 is 0.887 bits per heavy atom. The Hall–Kier alpha value is -4.97. The van der Waals surface area contributed by atoms with E-state index in [-0.39, 0.29) is 45.8 Å². The lowest BCUT2D eigenvalue weighted by atomic mass is 9.80. The van der Waals surface area contributed by atoms with Crippen LogP contribution < -0.4 is 20.3 Å². The fourth-order valence-electron chi connectivity index (χ4n) is 7.04. The number of ether oxygens (including phenoxy) is 4. The normalized spacial score (nSPS) is 18.3. The number of carbonyl (C=O) groups is 1. The number of aromatic nitrogens is 5. The molecule has 1 aliphatic heterocycles. The third-order valence-electron chi connectivity index (χ3n) is 11.5. The first-order chi connectivity index (χ1) is 29.6. The molecule has 2 N–H and O–H groups in total. The Bertz CT molecular complexity index is 2450. The highest BCUT2D eigenvalue weighted by Gasteiger charge is 2.53. The summed E-state index contributed by atoms with van der Waals surface area (Å²) in [5, 5.41) is 3.06. The van der Waals surface area contributed by atoms with Crippen LogP contribution in [0.15, 0.2) is 119 Å². The molecule has 4 heterocycles. The van der Waals surface area contributed by atoms with E-state index < -0.39 is 37.9 Å². The van der Waals surface area contributed by atoms with Crippen molar-refractivity contribution in [3.63, 3.8) is 0 Å². The zero-order valence-corrected chi connectivity index (χ0v) is 39.1. The van der Waals surface area contributed by atoms with Crippen molar-refractivity contribution < 1.29 is 28.2 Å². The number of amides is 1. The second-order valence-corrected chi connectivity index (χ2v) is 24.1. The van der Waals surface area contributed by atoms with E-state index in [9.17, 15) is 9.59 Å². The summed E-state index contributed by atoms with van der Waals surface area (Å²) in [6.07, 6.45) is 1.37. The molecule has 13 nitrogen and oxygen atoms in total. The third-order valence-corrected chi connectivity index (χ3v) is 18.8. The van der Waals surface area contributed by atoms with Crippen LogP contribution in [0, 0.1) is 5.92 Å². The minimum atomic E-state index is -2.53. The van der Waals surface area contributed by atoms with Gasteiger partial charge in [0.05, 0.1) is 38.5 Å². The Balaban J connectivity index is 1.38. The molecule has 62 heavy (non-hydrogen) atoms. The molecular weight excluding hydrogens is 841 g/mol. The second kappa shape index (κ2) is 18.8. The van der Waals surface area contributed by atoms with Gasteiger partial charge in [0.15, 0.2) is 25.7 Å². The Morgan fingerprint density at radius 2 is 1.50 bits per heavy atom. The Kier molecular flexibility index (Phi) is 13.7. The molecule has 0 radical (unpaired) electrons. The van der Waals surface area contributed by atoms with E-state index in [0.29, 0.717) is 11.5 Å². The molecule has 16 heteroatoms. The number of nitrogens with zero attached hydrogens (tertiary/aromatic N) is 4. The summed E-state index contributed by atoms with van der Waals surface area (Å²) in [6.45, 7) is 14.7. The van der Waals surface area contributed by atoms with E-state index >= 15 is 0 Å². The standard InChI is InChI=1S/C46H54N6O7S2Si/c1-29(2)41(53)50-44-49-40-37(42(54)51-44)48-28-52(40)43-38(59-62(8,9)45(3,4)5)39(61-60-36-17-13-14-26-47-36)35(58-43)27-57-46(30-15-11-10-12-16-30,31-18-22-33(55-6)23-19-31)32-20-24-34(56-7)25-21-32/h10-26,28-29,35,38-39,43H,27H2,1-9H3,(H2,49,50,51,53,54)/t35-,38-,39-,43-/m1/s1. The number of hydrogen-bond donors (Lipinski definition) is 2. The van der Waals surface area contributed by atoms with Crippen LogP contribution in [0.2, 0.25) is 18.1 Å². The summed E-state index contributed by atoms with van der Waals surface area (Å²) in [5.41, 5.74) is 1.41. The van der Waals surface area contributed by atoms with Gasteiger partial charge in [-0.3, -0.25) is 24.5 Å². The van der Waals surface area contributed by atoms with Crippen LogP contribution in [0.3, 0.4) is 0 Å². The molecule has 4 atom stereocenters. The van der Waals surface area contributed by atoms with E-state index in [1.54, 1.807) is 66.7 Å². The minimum Gasteiger partial charge on any atom is -0.497 e. The van der Waals surface area contributed by atoms with Crippen LogP contribution in [0.5, 0.6) is 11.5 Å². The van der Waals surface area contributed by atoms with Crippen LogP contribution in [-0.2, 0) is 24.3 Å². The van der Waals surface area contributed by atoms with Gasteiger partial charge in [0.25, 0.3) is 5.56 Å². The number of hydrogen-bond acceptors (Lipinski definition) is 12. The smallest absolute Gasteiger partial charge is 0.280 e. The number of imidazole rings is 1. The van der Waals surface area contributed by atoms with Crippen LogP contribution in [0.4, 0.5) is 5.95 Å². The molecule has 1 fully saturated rings. The molecule has 7 rings (SSSR count). The number of carbonyl (C=O) groups excluding carboxylic acids is 1. The molecule has 326 valence electrons. The van der Waals surface area contributed by atoms with Gasteiger partial charge in [0.1, 0.15) is 28.2 Å². The van der Waals surface area contributed by atoms with Crippen molar-refractivity contribution in [1.82, 2.24) is 24.5 Å². The first-order valence-electron chi connectivity index (χ1n) is 20.5. The molecule has 0 bridgehead atoms. The van der Waals surface area contributed by atoms with Crippen molar-refractivity contribution in [1.29, 1.82) is 0 Å². The van der Waals surface area contributed by atoms with E-state index in [0.717, 1.165) is 21.7 Å². The maximum atomic E-state index is 13.5. The largest absolute Gasteiger partial charge is 0.497 e. The van der Waals surface area contributed by atoms with Gasteiger partial charge in [-0.25, -0.2) is 9.97 Å². The fraction of sp³-hybridized carbons (Fsp3) is 0.370. The van der Waals surface area contributed by atoms with Gasteiger partial charge in [0.2, 0.25) is 11.9 Å². The molecule has 1 saturated heterocycles. The van der Waals surface area contributed by atoms with E-state index in [2.05, 4.69) is 66.3 Å². The summed E-state index contributed by atoms with van der Waals surface area (Å²) in [6, 6.07) is 31.8. The zero-order valence-electron chi connectivity index (χ0n) is 36.4. The number of anilines is 1. The molecule has 1 aliphatic rings. The summed E-state index contributed by atoms with van der Waals surface area (Å²) >= 11 is 0. The molecule has 0 saturated carbocycles. The number of rotatable bonds is 16. The highest BCUT2D eigenvalue weighted by Crippen LogP contribution is 2.50. The summed E-state index contributed by atoms with van der Waals surface area (Å²) < 4.78 is 35.0. The Labute approximate surface area is 371 Å². The van der Waals surface area contributed by atoms with Crippen LogP contribution >= 0.6 is 21.6 Å². The molecule has 0 aliphatic carbocycles. The van der Waals surface area contributed by atoms with Gasteiger partial charge >= 0.3 is 0 Å². The second-order valence-electron chi connectivity index (χ2n) is 16.9. The van der Waals surface area contributed by atoms with E-state index in [1.165, 1.54) is 0 Å². The SMILES string of the molecule is COc1ccc(C(OC[C@H]2O[C@@H](n3cnc4c(=O)[nH]c(NC(=O)C(C)C)nc43)[C@H](O[Si](C)(C)C(C)(C)C)[C@@H]2SSc2ccccn2)(c2ccccc2)c2ccc(OC)cc2)cc1. The lowest BCUT2D eigenvalue weighted by molar-refractivity contribution is -0.118. The zero-order chi connectivity index (χ0) is 44.2. The van der Waals surface area contributed by atoms with Gasteiger partial charge in [-0.15, -0.1) is 0 Å². The Morgan fingerprint density at radius 3 is 2.06 bits per heavy atom. The molecule has 3 aromatic carbocycles. The predicted octanol–water partition coefficient (Wildman–Crippen LogP) is 9.23. The summed E-state index contributed by atoms with van der Waals surface area (Å²) in [5.74, 6) is 0.827. The number of methoxy groups -OCH3 is 2. The average molecular weight is 895 g/mol. The number of fused-ring (bicyclic) bond motifs is 1. The average Bonchev–Trinajstić information content (AvgIpc) is 3.84. The highest BCUT2D eigenvalue weighted by molar-refractivity contribution is 8.77. The van der Waals surface area contributed by atoms with E-state index in [1.807, 2.05) is 84.9 Å². The van der Waals surface area contributed by atoms with Crippen molar-refractivity contribution in [3.05, 3.63) is 137 Å². The van der Waals surface area contributed by atoms with Gasteiger partial charge in [-0.05, 0) is 82.0 Å². The fourth-order valence-corrected chi connectivity index (χ4v) is 11.1. The molecule has 0 spiro atoms. The monoisotopic (exact) mass is 894 g/mol. The third kappa shape index (κ3) is 9.36. The predicted molar refractivity (Wildman–Crippen MR) is 247 cm³/mol. The quantitative estimate of drug-likeness (QED) is 0.0542. The van der Waals surface area contributed by atoms with Gasteiger partial charge < -0.3 is 23.4 Å². The summed E-state index contributed by atoms with van der Waals surface area (Å²) in [7, 11) is 3.92. The topological polar surface area (TPSA) is 152 Å². The van der Waals surface area contributed by atoms with Crippen molar-refractivity contribution >= 4 is 52.9 Å². The lowest BCUT2D eigenvalue weighted by Gasteiger charge is -2.40. The molecule has 0 unspecified atom stereocenters. The van der Waals surface area contributed by atoms with Crippen molar-refractivity contribution in [2.75, 3.05) is 26.1 Å². The maximum Gasteiger partial charge on any atom is 0.280 e. The number of benzene rings is 3. The highest BCUT2D eigenvalue weighted by atomic mass is 33.1. The molecular formula is C46H54N6O7S2Si. The number of pyridine rings is 1. The van der Waals surface area contributed by atoms with Crippen molar-refractivity contribution in [2.45, 2.75) is 87.1 Å². The number of H-pyrrole nitrogens is 1. The maximum absolute atomic E-state index is 13.5. The first kappa shape index (κ1) is 45.1. The van der Waals surface area contributed by atoms with Crippen LogP contribution in [0.1, 0.15) is 57.5 Å².